The lowest BCUT2D eigenvalue weighted by molar-refractivity contribution is 0.245. The van der Waals surface area contributed by atoms with Gasteiger partial charge in [0.05, 0.1) is 12.3 Å². The maximum Gasteiger partial charge on any atom is 0.0886 e. The molecule has 0 aromatic rings. The van der Waals surface area contributed by atoms with Gasteiger partial charge in [-0.2, -0.15) is 0 Å². The average molecular weight is 153 g/mol. The van der Waals surface area contributed by atoms with Gasteiger partial charge in [0.1, 0.15) is 0 Å². The fourth-order valence-electron chi connectivity index (χ4n) is 0.666. The summed E-state index contributed by atoms with van der Waals surface area (Å²) >= 11 is 0. The molecule has 0 fully saturated rings. The summed E-state index contributed by atoms with van der Waals surface area (Å²) in [6, 6.07) is 0. The van der Waals surface area contributed by atoms with Crippen molar-refractivity contribution >= 4 is 5.71 Å². The summed E-state index contributed by atoms with van der Waals surface area (Å²) in [6.07, 6.45) is 3.53. The predicted molar refractivity (Wildman–Crippen MR) is 48.9 cm³/mol. The summed E-state index contributed by atoms with van der Waals surface area (Å²) < 4.78 is 4.96. The van der Waals surface area contributed by atoms with Gasteiger partial charge in [-0.3, -0.25) is 4.99 Å². The second-order valence-electron chi connectivity index (χ2n) is 2.16. The summed E-state index contributed by atoms with van der Waals surface area (Å²) in [6.45, 7) is 8.05. The molecule has 0 radical (unpaired) electrons. The number of methoxy groups -OCH3 is 1. The molecule has 2 heteroatoms. The molecule has 0 aromatic heterocycles. The first-order valence-corrected chi connectivity index (χ1v) is 3.56. The van der Waals surface area contributed by atoms with E-state index in [9.17, 15) is 0 Å². The Morgan fingerprint density at radius 3 is 2.64 bits per heavy atom. The molecule has 0 bridgehead atoms. The van der Waals surface area contributed by atoms with E-state index < -0.39 is 0 Å². The van der Waals surface area contributed by atoms with E-state index in [1.807, 2.05) is 19.9 Å². The lowest BCUT2D eigenvalue weighted by Gasteiger charge is -2.02. The molecule has 0 aliphatic heterocycles. The standard InChI is InChI=1S/C9H15NO/c1-5-8(3)9(7-11-4)10-6-2/h5-6H,2,7H2,1,3-4H3/b8-5-,10-9?. The number of ether oxygens (including phenoxy) is 1. The second kappa shape index (κ2) is 5.86. The molecule has 0 spiro atoms. The Balaban J connectivity index is 4.33. The molecular weight excluding hydrogens is 138 g/mol. The molecular formula is C9H15NO. The Morgan fingerprint density at radius 1 is 1.64 bits per heavy atom. The maximum absolute atomic E-state index is 4.96. The number of hydrogen-bond donors (Lipinski definition) is 0. The van der Waals surface area contributed by atoms with Gasteiger partial charge in [-0.15, -0.1) is 0 Å². The van der Waals surface area contributed by atoms with Crippen LogP contribution in [0.3, 0.4) is 0 Å². The summed E-state index contributed by atoms with van der Waals surface area (Å²) in [5, 5.41) is 0. The van der Waals surface area contributed by atoms with Gasteiger partial charge in [-0.05, 0) is 19.4 Å². The molecule has 11 heavy (non-hydrogen) atoms. The van der Waals surface area contributed by atoms with Crippen LogP contribution >= 0.6 is 0 Å². The van der Waals surface area contributed by atoms with Gasteiger partial charge >= 0.3 is 0 Å². The van der Waals surface area contributed by atoms with Crippen molar-refractivity contribution < 1.29 is 4.74 Å². The van der Waals surface area contributed by atoms with Gasteiger partial charge < -0.3 is 4.74 Å². The minimum Gasteiger partial charge on any atom is -0.378 e. The van der Waals surface area contributed by atoms with Gasteiger partial charge in [0.25, 0.3) is 0 Å². The highest BCUT2D eigenvalue weighted by atomic mass is 16.5. The fraction of sp³-hybridized carbons (Fsp3) is 0.444. The van der Waals surface area contributed by atoms with Gasteiger partial charge in [0, 0.05) is 13.3 Å². The van der Waals surface area contributed by atoms with Crippen molar-refractivity contribution in [2.24, 2.45) is 4.99 Å². The lowest BCUT2D eigenvalue weighted by Crippen LogP contribution is -2.07. The van der Waals surface area contributed by atoms with Crippen molar-refractivity contribution in [2.45, 2.75) is 13.8 Å². The number of allylic oxidation sites excluding steroid dienone is 1. The van der Waals surface area contributed by atoms with Crippen molar-refractivity contribution in [3.05, 3.63) is 24.4 Å². The third-order valence-electron chi connectivity index (χ3n) is 1.42. The quantitative estimate of drug-likeness (QED) is 0.567. The van der Waals surface area contributed by atoms with Crippen LogP contribution in [-0.4, -0.2) is 19.4 Å². The van der Waals surface area contributed by atoms with Crippen LogP contribution in [0.2, 0.25) is 0 Å². The van der Waals surface area contributed by atoms with Crippen molar-refractivity contribution in [3.63, 3.8) is 0 Å². The molecule has 0 atom stereocenters. The SMILES string of the molecule is C=CN=C(COC)/C(C)=C\C. The largest absolute Gasteiger partial charge is 0.378 e. The highest BCUT2D eigenvalue weighted by Gasteiger charge is 1.97. The maximum atomic E-state index is 4.96. The van der Waals surface area contributed by atoms with E-state index in [0.29, 0.717) is 6.61 Å². The van der Waals surface area contributed by atoms with Crippen LogP contribution in [0.5, 0.6) is 0 Å². The minimum absolute atomic E-state index is 0.544. The Hall–Kier alpha value is -0.890. The van der Waals surface area contributed by atoms with Gasteiger partial charge in [0.15, 0.2) is 0 Å². The lowest BCUT2D eigenvalue weighted by atomic mass is 10.2. The zero-order valence-electron chi connectivity index (χ0n) is 7.42. The molecule has 0 saturated heterocycles. The van der Waals surface area contributed by atoms with Gasteiger partial charge in [-0.25, -0.2) is 0 Å². The highest BCUT2D eigenvalue weighted by molar-refractivity contribution is 6.00. The molecule has 0 N–H and O–H groups in total. The van der Waals surface area contributed by atoms with Crippen molar-refractivity contribution in [1.29, 1.82) is 0 Å². The number of hydrogen-bond acceptors (Lipinski definition) is 2. The topological polar surface area (TPSA) is 21.6 Å². The molecule has 0 unspecified atom stereocenters. The first-order valence-electron chi connectivity index (χ1n) is 3.56. The normalized spacial score (nSPS) is 13.4. The van der Waals surface area contributed by atoms with Gasteiger partial charge in [0.2, 0.25) is 0 Å². The van der Waals surface area contributed by atoms with Crippen LogP contribution in [0.1, 0.15) is 13.8 Å². The van der Waals surface area contributed by atoms with Crippen LogP contribution in [0.4, 0.5) is 0 Å². The molecule has 0 aliphatic carbocycles. The van der Waals surface area contributed by atoms with E-state index in [1.165, 1.54) is 6.20 Å². The Bertz CT molecular complexity index is 180. The Morgan fingerprint density at radius 2 is 2.27 bits per heavy atom. The van der Waals surface area contributed by atoms with Gasteiger partial charge in [-0.1, -0.05) is 12.7 Å². The van der Waals surface area contributed by atoms with E-state index in [2.05, 4.69) is 11.6 Å². The van der Waals surface area contributed by atoms with Crippen molar-refractivity contribution in [3.8, 4) is 0 Å². The summed E-state index contributed by atoms with van der Waals surface area (Å²) in [5.74, 6) is 0. The molecule has 0 rings (SSSR count). The van der Waals surface area contributed by atoms with Crippen LogP contribution in [-0.2, 0) is 4.74 Å². The van der Waals surface area contributed by atoms with E-state index in [-0.39, 0.29) is 0 Å². The Kier molecular flexibility index (Phi) is 5.39. The summed E-state index contributed by atoms with van der Waals surface area (Å²) in [4.78, 5) is 4.07. The number of rotatable bonds is 4. The number of aliphatic imine (C=N–C) groups is 1. The molecule has 0 saturated carbocycles. The monoisotopic (exact) mass is 153 g/mol. The van der Waals surface area contributed by atoms with E-state index in [4.69, 9.17) is 4.74 Å². The molecule has 0 aliphatic rings. The average Bonchev–Trinajstić information content (AvgIpc) is 2.03. The highest BCUT2D eigenvalue weighted by Crippen LogP contribution is 1.97. The molecule has 62 valence electrons. The third kappa shape index (κ3) is 3.73. The summed E-state index contributed by atoms with van der Waals surface area (Å²) in [5.41, 5.74) is 2.07. The van der Waals surface area contributed by atoms with Crippen LogP contribution in [0.15, 0.2) is 29.4 Å². The van der Waals surface area contributed by atoms with E-state index >= 15 is 0 Å². The zero-order valence-corrected chi connectivity index (χ0v) is 7.42. The Labute approximate surface area is 68.3 Å². The molecule has 2 nitrogen and oxygen atoms in total. The van der Waals surface area contributed by atoms with E-state index in [1.54, 1.807) is 7.11 Å². The third-order valence-corrected chi connectivity index (χ3v) is 1.42. The van der Waals surface area contributed by atoms with Crippen molar-refractivity contribution in [2.75, 3.05) is 13.7 Å². The molecule has 0 heterocycles. The van der Waals surface area contributed by atoms with Crippen molar-refractivity contribution in [1.82, 2.24) is 0 Å². The minimum atomic E-state index is 0.544. The number of nitrogens with zero attached hydrogens (tertiary/aromatic N) is 1. The van der Waals surface area contributed by atoms with Crippen LogP contribution < -0.4 is 0 Å². The predicted octanol–water partition coefficient (Wildman–Crippen LogP) is 2.18. The zero-order chi connectivity index (χ0) is 8.69. The molecule has 0 aromatic carbocycles. The molecule has 0 amide bonds. The fourth-order valence-corrected chi connectivity index (χ4v) is 0.666. The van der Waals surface area contributed by atoms with Crippen LogP contribution in [0.25, 0.3) is 0 Å². The van der Waals surface area contributed by atoms with E-state index in [0.717, 1.165) is 11.3 Å². The van der Waals surface area contributed by atoms with Crippen LogP contribution in [0, 0.1) is 0 Å². The second-order valence-corrected chi connectivity index (χ2v) is 2.16. The first-order chi connectivity index (χ1) is 5.26. The smallest absolute Gasteiger partial charge is 0.0886 e. The first kappa shape index (κ1) is 10.1. The summed E-state index contributed by atoms with van der Waals surface area (Å²) in [7, 11) is 1.65.